The second-order valence-electron chi connectivity index (χ2n) is 7.26. The lowest BCUT2D eigenvalue weighted by Crippen LogP contribution is -2.48. The molecule has 1 fully saturated rings. The number of benzene rings is 2. The molecular formula is C22H23N3O2. The molecule has 0 N–H and O–H groups in total. The highest BCUT2D eigenvalue weighted by atomic mass is 16.5. The van der Waals surface area contributed by atoms with Crippen LogP contribution < -0.4 is 0 Å². The summed E-state index contributed by atoms with van der Waals surface area (Å²) in [5.41, 5.74) is 3.07. The molecule has 5 nitrogen and oxygen atoms in total. The monoisotopic (exact) mass is 361 g/mol. The number of para-hydroxylation sites is 1. The van der Waals surface area contributed by atoms with E-state index in [2.05, 4.69) is 35.9 Å². The molecule has 2 aromatic carbocycles. The Labute approximate surface area is 159 Å². The van der Waals surface area contributed by atoms with Gasteiger partial charge in [-0.3, -0.25) is 14.8 Å². The Morgan fingerprint density at radius 3 is 2.59 bits per heavy atom. The summed E-state index contributed by atoms with van der Waals surface area (Å²) < 4.78 is 6.32. The summed E-state index contributed by atoms with van der Waals surface area (Å²) in [4.78, 5) is 24.0. The Morgan fingerprint density at radius 2 is 1.81 bits per heavy atom. The number of rotatable bonds is 3. The van der Waals surface area contributed by atoms with Crippen LogP contribution in [0.5, 0.6) is 0 Å². The molecule has 1 aliphatic heterocycles. The second kappa shape index (κ2) is 7.45. The normalized spacial score (nSPS) is 20.2. The molecule has 1 amide bonds. The molecule has 5 heteroatoms. The summed E-state index contributed by atoms with van der Waals surface area (Å²) in [6.45, 7) is 5.37. The number of hydrogen-bond donors (Lipinski definition) is 0. The maximum absolute atomic E-state index is 13.4. The fraction of sp³-hybridized carbons (Fsp3) is 0.318. The summed E-state index contributed by atoms with van der Waals surface area (Å²) in [7, 11) is 0. The molecule has 1 saturated heterocycles. The van der Waals surface area contributed by atoms with Gasteiger partial charge in [0.05, 0.1) is 23.7 Å². The summed E-state index contributed by atoms with van der Waals surface area (Å²) in [5, 5.41) is 0. The fourth-order valence-electron chi connectivity index (χ4n) is 3.51. The van der Waals surface area contributed by atoms with Crippen molar-refractivity contribution in [3.63, 3.8) is 0 Å². The Hall–Kier alpha value is -2.79. The molecule has 0 unspecified atom stereocenters. The maximum atomic E-state index is 13.4. The van der Waals surface area contributed by atoms with Crippen molar-refractivity contribution in [2.24, 2.45) is 5.92 Å². The van der Waals surface area contributed by atoms with Crippen molar-refractivity contribution in [1.29, 1.82) is 0 Å². The molecule has 3 aromatic rings. The second-order valence-corrected chi connectivity index (χ2v) is 7.26. The van der Waals surface area contributed by atoms with Crippen molar-refractivity contribution in [3.8, 4) is 0 Å². The molecule has 0 spiro atoms. The zero-order valence-corrected chi connectivity index (χ0v) is 15.6. The average molecular weight is 361 g/mol. The SMILES string of the molecule is CC(C)[C@H]1CN(C(=O)c2cccc3nccnc23)C[C@@H](c2ccccc2)O1. The van der Waals surface area contributed by atoms with Crippen LogP contribution in [0.1, 0.15) is 35.9 Å². The summed E-state index contributed by atoms with van der Waals surface area (Å²) in [6, 6.07) is 15.7. The summed E-state index contributed by atoms with van der Waals surface area (Å²) in [5.74, 6) is 0.301. The molecule has 2 atom stereocenters. The number of amides is 1. The maximum Gasteiger partial charge on any atom is 0.256 e. The molecule has 0 saturated carbocycles. The average Bonchev–Trinajstić information content (AvgIpc) is 2.73. The summed E-state index contributed by atoms with van der Waals surface area (Å²) >= 11 is 0. The van der Waals surface area contributed by atoms with Crippen molar-refractivity contribution in [1.82, 2.24) is 14.9 Å². The molecule has 2 heterocycles. The Bertz CT molecular complexity index is 937. The predicted octanol–water partition coefficient (Wildman–Crippen LogP) is 3.87. The third-order valence-corrected chi connectivity index (χ3v) is 5.06. The van der Waals surface area contributed by atoms with Gasteiger partial charge >= 0.3 is 0 Å². The van der Waals surface area contributed by atoms with E-state index < -0.39 is 0 Å². The van der Waals surface area contributed by atoms with Crippen LogP contribution in [0, 0.1) is 5.92 Å². The molecule has 0 radical (unpaired) electrons. The van der Waals surface area contributed by atoms with E-state index in [1.165, 1.54) is 0 Å². The third-order valence-electron chi connectivity index (χ3n) is 5.06. The standard InChI is InChI=1S/C22H23N3O2/c1-15(2)19-13-25(14-20(27-19)16-7-4-3-5-8-16)22(26)17-9-6-10-18-21(17)24-12-11-23-18/h3-12,15,19-20H,13-14H2,1-2H3/t19-,20+/m1/s1. The predicted molar refractivity (Wildman–Crippen MR) is 104 cm³/mol. The fourth-order valence-corrected chi connectivity index (χ4v) is 3.51. The molecule has 138 valence electrons. The first kappa shape index (κ1) is 17.6. The van der Waals surface area contributed by atoms with Crippen molar-refractivity contribution in [3.05, 3.63) is 72.1 Å². The highest BCUT2D eigenvalue weighted by Crippen LogP contribution is 2.29. The number of ether oxygens (including phenoxy) is 1. The summed E-state index contributed by atoms with van der Waals surface area (Å²) in [6.07, 6.45) is 3.14. The van der Waals surface area contributed by atoms with Crippen LogP contribution in [-0.2, 0) is 4.74 Å². The zero-order valence-electron chi connectivity index (χ0n) is 15.6. The van der Waals surface area contributed by atoms with Crippen molar-refractivity contribution < 1.29 is 9.53 Å². The van der Waals surface area contributed by atoms with Crippen LogP contribution in [-0.4, -0.2) is 40.0 Å². The minimum Gasteiger partial charge on any atom is -0.366 e. The van der Waals surface area contributed by atoms with Gasteiger partial charge in [-0.15, -0.1) is 0 Å². The Balaban J connectivity index is 1.67. The van der Waals surface area contributed by atoms with E-state index in [-0.39, 0.29) is 18.1 Å². The van der Waals surface area contributed by atoms with E-state index >= 15 is 0 Å². The van der Waals surface area contributed by atoms with Crippen LogP contribution in [0.2, 0.25) is 0 Å². The van der Waals surface area contributed by atoms with Crippen LogP contribution in [0.3, 0.4) is 0 Å². The van der Waals surface area contributed by atoms with E-state index in [4.69, 9.17) is 4.74 Å². The van der Waals surface area contributed by atoms with E-state index in [0.29, 0.717) is 30.1 Å². The zero-order chi connectivity index (χ0) is 18.8. The third kappa shape index (κ3) is 3.55. The van der Waals surface area contributed by atoms with E-state index in [1.54, 1.807) is 12.4 Å². The molecular weight excluding hydrogens is 338 g/mol. The van der Waals surface area contributed by atoms with Gasteiger partial charge < -0.3 is 9.64 Å². The van der Waals surface area contributed by atoms with Gasteiger partial charge in [0.25, 0.3) is 5.91 Å². The molecule has 1 aromatic heterocycles. The van der Waals surface area contributed by atoms with Gasteiger partial charge in [-0.05, 0) is 23.6 Å². The van der Waals surface area contributed by atoms with Gasteiger partial charge in [-0.1, -0.05) is 50.2 Å². The van der Waals surface area contributed by atoms with Gasteiger partial charge in [0.2, 0.25) is 0 Å². The lowest BCUT2D eigenvalue weighted by Gasteiger charge is -2.40. The lowest BCUT2D eigenvalue weighted by molar-refractivity contribution is -0.0954. The molecule has 0 aliphatic carbocycles. The van der Waals surface area contributed by atoms with Gasteiger partial charge in [0, 0.05) is 18.9 Å². The number of aromatic nitrogens is 2. The van der Waals surface area contributed by atoms with Crippen LogP contribution in [0.15, 0.2) is 60.9 Å². The number of fused-ring (bicyclic) bond motifs is 1. The minimum absolute atomic E-state index is 0.00559. The van der Waals surface area contributed by atoms with E-state index in [0.717, 1.165) is 11.1 Å². The Kier molecular flexibility index (Phi) is 4.86. The largest absolute Gasteiger partial charge is 0.366 e. The first-order chi connectivity index (χ1) is 13.1. The first-order valence-electron chi connectivity index (χ1n) is 9.33. The minimum atomic E-state index is -0.127. The number of nitrogens with zero attached hydrogens (tertiary/aromatic N) is 3. The molecule has 27 heavy (non-hydrogen) atoms. The van der Waals surface area contributed by atoms with Crippen LogP contribution >= 0.6 is 0 Å². The quantitative estimate of drug-likeness (QED) is 0.711. The van der Waals surface area contributed by atoms with Crippen LogP contribution in [0.25, 0.3) is 11.0 Å². The lowest BCUT2D eigenvalue weighted by atomic mass is 10.00. The van der Waals surface area contributed by atoms with Crippen molar-refractivity contribution in [2.75, 3.05) is 13.1 Å². The highest BCUT2D eigenvalue weighted by molar-refractivity contribution is 6.04. The number of morpholine rings is 1. The van der Waals surface area contributed by atoms with E-state index in [9.17, 15) is 4.79 Å². The highest BCUT2D eigenvalue weighted by Gasteiger charge is 2.33. The van der Waals surface area contributed by atoms with Gasteiger partial charge in [0.15, 0.2) is 0 Å². The smallest absolute Gasteiger partial charge is 0.256 e. The Morgan fingerprint density at radius 1 is 1.04 bits per heavy atom. The first-order valence-corrected chi connectivity index (χ1v) is 9.33. The topological polar surface area (TPSA) is 55.3 Å². The van der Waals surface area contributed by atoms with Gasteiger partial charge in [-0.25, -0.2) is 0 Å². The number of carbonyl (C=O) groups excluding carboxylic acids is 1. The van der Waals surface area contributed by atoms with Gasteiger partial charge in [-0.2, -0.15) is 0 Å². The molecule has 0 bridgehead atoms. The molecule has 4 rings (SSSR count). The van der Waals surface area contributed by atoms with Crippen molar-refractivity contribution in [2.45, 2.75) is 26.1 Å². The number of carbonyl (C=O) groups is 1. The number of hydrogen-bond acceptors (Lipinski definition) is 4. The van der Waals surface area contributed by atoms with Gasteiger partial charge in [0.1, 0.15) is 11.6 Å². The van der Waals surface area contributed by atoms with Crippen LogP contribution in [0.4, 0.5) is 0 Å². The van der Waals surface area contributed by atoms with E-state index in [1.807, 2.05) is 41.3 Å². The molecule has 1 aliphatic rings. The van der Waals surface area contributed by atoms with Crippen molar-refractivity contribution >= 4 is 16.9 Å².